The molecule has 25 heavy (non-hydrogen) atoms. The summed E-state index contributed by atoms with van der Waals surface area (Å²) in [6.07, 6.45) is 1.24. The maximum atomic E-state index is 12.0. The molecule has 0 spiro atoms. The Labute approximate surface area is 150 Å². The summed E-state index contributed by atoms with van der Waals surface area (Å²) in [6.45, 7) is 0. The predicted octanol–water partition coefficient (Wildman–Crippen LogP) is 3.46. The predicted molar refractivity (Wildman–Crippen MR) is 95.1 cm³/mol. The molecule has 1 aromatic carbocycles. The third-order valence-electron chi connectivity index (χ3n) is 3.16. The van der Waals surface area contributed by atoms with Gasteiger partial charge in [-0.25, -0.2) is 5.43 Å². The van der Waals surface area contributed by atoms with Crippen LogP contribution in [0.15, 0.2) is 46.9 Å². The number of thiophene rings is 1. The highest BCUT2D eigenvalue weighted by Gasteiger charge is 2.12. The average molecular weight is 376 g/mol. The van der Waals surface area contributed by atoms with Gasteiger partial charge in [-0.15, -0.1) is 11.3 Å². The van der Waals surface area contributed by atoms with Crippen molar-refractivity contribution in [3.8, 4) is 10.6 Å². The second-order valence-corrected chi connectivity index (χ2v) is 6.16. The van der Waals surface area contributed by atoms with Gasteiger partial charge in [-0.05, 0) is 23.6 Å². The SMILES string of the molecule is O=C(NN=Cc1cc([N+](=O)[O-])ccc1Cl)c1cc(-c2cccs2)[nH]n1. The second kappa shape index (κ2) is 7.24. The zero-order valence-electron chi connectivity index (χ0n) is 12.5. The lowest BCUT2D eigenvalue weighted by Crippen LogP contribution is -2.18. The van der Waals surface area contributed by atoms with E-state index < -0.39 is 10.8 Å². The topological polar surface area (TPSA) is 113 Å². The highest BCUT2D eigenvalue weighted by molar-refractivity contribution is 7.13. The molecular weight excluding hydrogens is 366 g/mol. The monoisotopic (exact) mass is 375 g/mol. The van der Waals surface area contributed by atoms with E-state index in [0.29, 0.717) is 5.56 Å². The highest BCUT2D eigenvalue weighted by atomic mass is 35.5. The number of rotatable bonds is 5. The van der Waals surface area contributed by atoms with E-state index in [1.165, 1.54) is 35.8 Å². The number of non-ortho nitro benzene ring substituents is 1. The first-order chi connectivity index (χ1) is 12.0. The summed E-state index contributed by atoms with van der Waals surface area (Å²) in [5.74, 6) is -0.517. The normalized spacial score (nSPS) is 10.9. The van der Waals surface area contributed by atoms with Crippen molar-refractivity contribution >= 4 is 40.7 Å². The van der Waals surface area contributed by atoms with Crippen LogP contribution in [0.5, 0.6) is 0 Å². The molecule has 0 aliphatic heterocycles. The number of nitrogens with zero attached hydrogens (tertiary/aromatic N) is 3. The van der Waals surface area contributed by atoms with Crippen LogP contribution in [0.25, 0.3) is 10.6 Å². The molecule has 0 aliphatic rings. The Kier molecular flexibility index (Phi) is 4.87. The Bertz CT molecular complexity index is 952. The van der Waals surface area contributed by atoms with Crippen molar-refractivity contribution < 1.29 is 9.72 Å². The van der Waals surface area contributed by atoms with Crippen molar-refractivity contribution in [1.29, 1.82) is 0 Å². The van der Waals surface area contributed by atoms with Crippen molar-refractivity contribution in [2.24, 2.45) is 5.10 Å². The molecule has 0 aliphatic carbocycles. The zero-order valence-corrected chi connectivity index (χ0v) is 14.0. The van der Waals surface area contributed by atoms with Gasteiger partial charge in [-0.3, -0.25) is 20.0 Å². The van der Waals surface area contributed by atoms with E-state index in [1.54, 1.807) is 6.07 Å². The third-order valence-corrected chi connectivity index (χ3v) is 4.40. The van der Waals surface area contributed by atoms with Crippen molar-refractivity contribution in [2.75, 3.05) is 0 Å². The first kappa shape index (κ1) is 16.8. The van der Waals surface area contributed by atoms with Crippen LogP contribution in [0, 0.1) is 10.1 Å². The quantitative estimate of drug-likeness (QED) is 0.403. The first-order valence-corrected chi connectivity index (χ1v) is 8.17. The van der Waals surface area contributed by atoms with Gasteiger partial charge in [0.25, 0.3) is 11.6 Å². The molecule has 3 aromatic rings. The van der Waals surface area contributed by atoms with E-state index in [4.69, 9.17) is 11.6 Å². The van der Waals surface area contributed by atoms with E-state index in [-0.39, 0.29) is 16.4 Å². The smallest absolute Gasteiger partial charge is 0.276 e. The Balaban J connectivity index is 1.69. The average Bonchev–Trinajstić information content (AvgIpc) is 3.27. The number of nitro groups is 1. The van der Waals surface area contributed by atoms with Crippen LogP contribution in [-0.4, -0.2) is 27.2 Å². The molecule has 0 bridgehead atoms. The molecule has 8 nitrogen and oxygen atoms in total. The third kappa shape index (κ3) is 3.90. The lowest BCUT2D eigenvalue weighted by atomic mass is 10.2. The number of hydrogen-bond donors (Lipinski definition) is 2. The molecule has 0 saturated heterocycles. The molecule has 126 valence electrons. The molecular formula is C15H10ClN5O3S. The van der Waals surface area contributed by atoms with Crippen molar-refractivity contribution in [2.45, 2.75) is 0 Å². The number of nitrogens with one attached hydrogen (secondary N) is 2. The van der Waals surface area contributed by atoms with Gasteiger partial charge >= 0.3 is 0 Å². The summed E-state index contributed by atoms with van der Waals surface area (Å²) in [7, 11) is 0. The van der Waals surface area contributed by atoms with Crippen LogP contribution in [0.3, 0.4) is 0 Å². The number of hydrazone groups is 1. The van der Waals surface area contributed by atoms with Gasteiger partial charge in [0.1, 0.15) is 0 Å². The number of aromatic nitrogens is 2. The molecule has 0 radical (unpaired) electrons. The summed E-state index contributed by atoms with van der Waals surface area (Å²) in [5.41, 5.74) is 3.40. The van der Waals surface area contributed by atoms with Crippen LogP contribution < -0.4 is 5.43 Å². The fraction of sp³-hybridized carbons (Fsp3) is 0. The number of carbonyl (C=O) groups excluding carboxylic acids is 1. The van der Waals surface area contributed by atoms with E-state index in [0.717, 1.165) is 10.6 Å². The summed E-state index contributed by atoms with van der Waals surface area (Å²) in [5, 5.41) is 23.4. The standard InChI is InChI=1S/C15H10ClN5O3S/c16-11-4-3-10(21(23)24)6-9(11)8-17-20-15(22)13-7-12(18-19-13)14-2-1-5-25-14/h1-8H,(H,18,19)(H,20,22). The minimum atomic E-state index is -0.540. The number of H-pyrrole nitrogens is 1. The van der Waals surface area contributed by atoms with Crippen LogP contribution >= 0.6 is 22.9 Å². The maximum Gasteiger partial charge on any atom is 0.291 e. The lowest BCUT2D eigenvalue weighted by molar-refractivity contribution is -0.384. The van der Waals surface area contributed by atoms with E-state index in [9.17, 15) is 14.9 Å². The molecule has 1 amide bonds. The molecule has 2 heterocycles. The van der Waals surface area contributed by atoms with Crippen molar-refractivity contribution in [1.82, 2.24) is 15.6 Å². The first-order valence-electron chi connectivity index (χ1n) is 6.91. The molecule has 2 N–H and O–H groups in total. The number of aromatic amines is 1. The van der Waals surface area contributed by atoms with Gasteiger partial charge in [0.15, 0.2) is 5.69 Å². The van der Waals surface area contributed by atoms with Crippen LogP contribution in [-0.2, 0) is 0 Å². The maximum absolute atomic E-state index is 12.0. The lowest BCUT2D eigenvalue weighted by Gasteiger charge is -1.98. The van der Waals surface area contributed by atoms with Gasteiger partial charge < -0.3 is 0 Å². The van der Waals surface area contributed by atoms with E-state index in [2.05, 4.69) is 20.7 Å². The van der Waals surface area contributed by atoms with Gasteiger partial charge in [0.2, 0.25) is 0 Å². The second-order valence-electron chi connectivity index (χ2n) is 4.81. The summed E-state index contributed by atoms with van der Waals surface area (Å²) >= 11 is 7.47. The molecule has 0 fully saturated rings. The summed E-state index contributed by atoms with van der Waals surface area (Å²) in [4.78, 5) is 23.2. The number of halogens is 1. The van der Waals surface area contributed by atoms with Crippen LogP contribution in [0.1, 0.15) is 16.1 Å². The fourth-order valence-corrected chi connectivity index (χ4v) is 2.82. The largest absolute Gasteiger partial charge is 0.291 e. The molecule has 0 atom stereocenters. The Morgan fingerprint density at radius 1 is 1.40 bits per heavy atom. The van der Waals surface area contributed by atoms with Gasteiger partial charge in [-0.1, -0.05) is 17.7 Å². The van der Waals surface area contributed by atoms with Crippen molar-refractivity contribution in [3.63, 3.8) is 0 Å². The molecule has 0 saturated carbocycles. The van der Waals surface area contributed by atoms with Gasteiger partial charge in [0.05, 0.1) is 21.7 Å². The Morgan fingerprint density at radius 2 is 2.24 bits per heavy atom. The van der Waals surface area contributed by atoms with E-state index >= 15 is 0 Å². The Morgan fingerprint density at radius 3 is 2.96 bits per heavy atom. The fourth-order valence-electron chi connectivity index (χ4n) is 1.96. The van der Waals surface area contributed by atoms with Gasteiger partial charge in [0, 0.05) is 22.7 Å². The number of amides is 1. The summed E-state index contributed by atoms with van der Waals surface area (Å²) in [6, 6.07) is 9.35. The number of hydrogen-bond acceptors (Lipinski definition) is 6. The number of benzene rings is 1. The van der Waals surface area contributed by atoms with E-state index in [1.807, 2.05) is 17.5 Å². The molecule has 2 aromatic heterocycles. The number of carbonyl (C=O) groups is 1. The van der Waals surface area contributed by atoms with Gasteiger partial charge in [-0.2, -0.15) is 10.2 Å². The summed E-state index contributed by atoms with van der Waals surface area (Å²) < 4.78 is 0. The number of nitro benzene ring substituents is 1. The molecule has 3 rings (SSSR count). The Hall–Kier alpha value is -3.04. The molecule has 0 unspecified atom stereocenters. The molecule has 10 heteroatoms. The highest BCUT2D eigenvalue weighted by Crippen LogP contribution is 2.23. The van der Waals surface area contributed by atoms with Crippen LogP contribution in [0.4, 0.5) is 5.69 Å². The zero-order chi connectivity index (χ0) is 17.8. The minimum Gasteiger partial charge on any atom is -0.276 e. The van der Waals surface area contributed by atoms with Crippen molar-refractivity contribution in [3.05, 3.63) is 68.2 Å². The van der Waals surface area contributed by atoms with Crippen LogP contribution in [0.2, 0.25) is 5.02 Å². The minimum absolute atomic E-state index is 0.120.